The van der Waals surface area contributed by atoms with E-state index in [-0.39, 0.29) is 17.9 Å². The van der Waals surface area contributed by atoms with E-state index in [0.717, 1.165) is 36.4 Å². The Morgan fingerprint density at radius 3 is 2.77 bits per heavy atom. The van der Waals surface area contributed by atoms with Crippen molar-refractivity contribution >= 4 is 28.8 Å². The number of ether oxygens (including phenoxy) is 1. The summed E-state index contributed by atoms with van der Waals surface area (Å²) in [6.45, 7) is 0.474. The molecule has 2 heterocycles. The van der Waals surface area contributed by atoms with Crippen molar-refractivity contribution in [2.75, 3.05) is 18.6 Å². The molecule has 1 aliphatic carbocycles. The Kier molecular flexibility index (Phi) is 4.63. The quantitative estimate of drug-likeness (QED) is 0.897. The van der Waals surface area contributed by atoms with Gasteiger partial charge >= 0.3 is 0 Å². The number of carbonyl (C=O) groups is 2. The molecule has 136 valence electrons. The number of carbonyl (C=O) groups excluding carboxylic acids is 2. The van der Waals surface area contributed by atoms with Crippen LogP contribution >= 0.6 is 11.3 Å². The smallest absolute Gasteiger partial charge is 0.280 e. The van der Waals surface area contributed by atoms with Crippen LogP contribution in [0.2, 0.25) is 0 Å². The van der Waals surface area contributed by atoms with E-state index in [9.17, 15) is 9.59 Å². The Balaban J connectivity index is 1.42. The lowest BCUT2D eigenvalue weighted by atomic mass is 10.0. The molecule has 0 spiro atoms. The van der Waals surface area contributed by atoms with E-state index in [0.29, 0.717) is 18.0 Å². The Hall–Kier alpha value is -2.41. The van der Waals surface area contributed by atoms with Gasteiger partial charge in [0.05, 0.1) is 18.8 Å². The number of hydrogen-bond donors (Lipinski definition) is 1. The molecule has 6 nitrogen and oxygen atoms in total. The van der Waals surface area contributed by atoms with Crippen molar-refractivity contribution in [1.82, 2.24) is 10.3 Å². The highest BCUT2D eigenvalue weighted by Gasteiger charge is 2.32. The Morgan fingerprint density at radius 1 is 1.27 bits per heavy atom. The van der Waals surface area contributed by atoms with Crippen LogP contribution in [-0.4, -0.2) is 36.5 Å². The minimum Gasteiger partial charge on any atom is -0.497 e. The first-order valence-electron chi connectivity index (χ1n) is 8.88. The molecule has 2 aliphatic rings. The maximum absolute atomic E-state index is 12.5. The number of fused-ring (bicyclic) bond motifs is 1. The minimum absolute atomic E-state index is 0.0129. The fraction of sp³-hybridized carbons (Fsp3) is 0.421. The summed E-state index contributed by atoms with van der Waals surface area (Å²) in [5.74, 6) is 0.593. The van der Waals surface area contributed by atoms with Crippen molar-refractivity contribution in [2.45, 2.75) is 38.1 Å². The third-order valence-corrected chi connectivity index (χ3v) is 6.04. The first-order chi connectivity index (χ1) is 12.6. The van der Waals surface area contributed by atoms with Gasteiger partial charge in [-0.15, -0.1) is 11.3 Å². The van der Waals surface area contributed by atoms with E-state index in [1.54, 1.807) is 12.0 Å². The highest BCUT2D eigenvalue weighted by Crippen LogP contribution is 2.27. The van der Waals surface area contributed by atoms with Gasteiger partial charge in [-0.3, -0.25) is 9.59 Å². The number of nitrogens with one attached hydrogen (secondary N) is 1. The van der Waals surface area contributed by atoms with Crippen LogP contribution in [0, 0.1) is 0 Å². The van der Waals surface area contributed by atoms with E-state index in [4.69, 9.17) is 4.74 Å². The number of rotatable bonds is 4. The lowest BCUT2D eigenvalue weighted by Gasteiger charge is -2.17. The predicted octanol–water partition coefficient (Wildman–Crippen LogP) is 2.57. The van der Waals surface area contributed by atoms with Crippen LogP contribution in [0.25, 0.3) is 0 Å². The molecule has 0 radical (unpaired) electrons. The van der Waals surface area contributed by atoms with E-state index in [2.05, 4.69) is 10.3 Å². The summed E-state index contributed by atoms with van der Waals surface area (Å²) in [7, 11) is 1.61. The number of benzene rings is 1. The molecule has 1 aliphatic heterocycles. The molecular formula is C19H21N3O3S. The van der Waals surface area contributed by atoms with Crippen molar-refractivity contribution in [3.05, 3.63) is 39.8 Å². The normalized spacial score (nSPS) is 19.3. The standard InChI is InChI=1S/C19H21N3O3S/c1-25-14-8-6-13(7-9-14)22-11-12(10-17(22)23)20-18(24)19-21-15-4-2-3-5-16(15)26-19/h6-9,12H,2-5,10-11H2,1H3,(H,20,24). The van der Waals surface area contributed by atoms with Crippen molar-refractivity contribution < 1.29 is 14.3 Å². The average Bonchev–Trinajstić information content (AvgIpc) is 3.25. The fourth-order valence-corrected chi connectivity index (χ4v) is 4.56. The Morgan fingerprint density at radius 2 is 2.04 bits per heavy atom. The summed E-state index contributed by atoms with van der Waals surface area (Å²) in [4.78, 5) is 32.3. The van der Waals surface area contributed by atoms with Crippen molar-refractivity contribution in [2.24, 2.45) is 0 Å². The molecule has 1 aromatic heterocycles. The zero-order valence-corrected chi connectivity index (χ0v) is 15.5. The van der Waals surface area contributed by atoms with E-state index < -0.39 is 0 Å². The molecule has 1 N–H and O–H groups in total. The summed E-state index contributed by atoms with van der Waals surface area (Å²) in [6.07, 6.45) is 4.61. The second-order valence-corrected chi connectivity index (χ2v) is 7.76. The SMILES string of the molecule is COc1ccc(N2CC(NC(=O)c3nc4c(s3)CCCC4)CC2=O)cc1. The van der Waals surface area contributed by atoms with Gasteiger partial charge in [0, 0.05) is 23.5 Å². The van der Waals surface area contributed by atoms with E-state index in [1.807, 2.05) is 24.3 Å². The van der Waals surface area contributed by atoms with E-state index in [1.165, 1.54) is 22.6 Å². The second kappa shape index (κ2) is 7.07. The fourth-order valence-electron chi connectivity index (χ4n) is 3.51. The van der Waals surface area contributed by atoms with Crippen LogP contribution in [0.15, 0.2) is 24.3 Å². The molecular weight excluding hydrogens is 350 g/mol. The summed E-state index contributed by atoms with van der Waals surface area (Å²) >= 11 is 1.49. The second-order valence-electron chi connectivity index (χ2n) is 6.67. The third kappa shape index (κ3) is 3.31. The molecule has 0 saturated carbocycles. The molecule has 26 heavy (non-hydrogen) atoms. The molecule has 0 bridgehead atoms. The van der Waals surface area contributed by atoms with Gasteiger partial charge in [0.2, 0.25) is 5.91 Å². The summed E-state index contributed by atoms with van der Waals surface area (Å²) in [5, 5.41) is 3.50. The van der Waals surface area contributed by atoms with Gasteiger partial charge in [-0.1, -0.05) is 0 Å². The molecule has 2 amide bonds. The molecule has 1 atom stereocenters. The van der Waals surface area contributed by atoms with E-state index >= 15 is 0 Å². The maximum atomic E-state index is 12.5. The van der Waals surface area contributed by atoms with Gasteiger partial charge < -0.3 is 15.0 Å². The molecule has 2 aromatic rings. The Labute approximate surface area is 156 Å². The molecule has 1 saturated heterocycles. The van der Waals surface area contributed by atoms with Gasteiger partial charge in [0.25, 0.3) is 5.91 Å². The summed E-state index contributed by atoms with van der Waals surface area (Å²) in [5.41, 5.74) is 1.89. The van der Waals surface area contributed by atoms with Gasteiger partial charge in [0.1, 0.15) is 5.75 Å². The van der Waals surface area contributed by atoms with Gasteiger partial charge in [-0.2, -0.15) is 0 Å². The first-order valence-corrected chi connectivity index (χ1v) is 9.69. The number of hydrogen-bond acceptors (Lipinski definition) is 5. The van der Waals surface area contributed by atoms with Gasteiger partial charge in [0.15, 0.2) is 5.01 Å². The number of methoxy groups -OCH3 is 1. The van der Waals surface area contributed by atoms with Crippen LogP contribution in [0.3, 0.4) is 0 Å². The number of nitrogens with zero attached hydrogens (tertiary/aromatic N) is 2. The monoisotopic (exact) mass is 371 g/mol. The average molecular weight is 371 g/mol. The molecule has 1 aromatic carbocycles. The topological polar surface area (TPSA) is 71.5 Å². The predicted molar refractivity (Wildman–Crippen MR) is 100.0 cm³/mol. The van der Waals surface area contributed by atoms with Crippen LogP contribution in [-0.2, 0) is 17.6 Å². The highest BCUT2D eigenvalue weighted by atomic mass is 32.1. The maximum Gasteiger partial charge on any atom is 0.280 e. The van der Waals surface area contributed by atoms with Gasteiger partial charge in [-0.05, 0) is 49.9 Å². The lowest BCUT2D eigenvalue weighted by Crippen LogP contribution is -2.37. The minimum atomic E-state index is -0.196. The zero-order chi connectivity index (χ0) is 18.1. The highest BCUT2D eigenvalue weighted by molar-refractivity contribution is 7.13. The van der Waals surface area contributed by atoms with Crippen LogP contribution in [0.4, 0.5) is 5.69 Å². The number of aryl methyl sites for hydroxylation is 2. The summed E-state index contributed by atoms with van der Waals surface area (Å²) in [6, 6.07) is 7.17. The number of anilines is 1. The van der Waals surface area contributed by atoms with Crippen molar-refractivity contribution in [3.8, 4) is 5.75 Å². The van der Waals surface area contributed by atoms with Crippen LogP contribution in [0.1, 0.15) is 39.6 Å². The lowest BCUT2D eigenvalue weighted by molar-refractivity contribution is -0.117. The molecule has 7 heteroatoms. The van der Waals surface area contributed by atoms with Crippen LogP contribution in [0.5, 0.6) is 5.75 Å². The third-order valence-electron chi connectivity index (χ3n) is 4.88. The number of amides is 2. The summed E-state index contributed by atoms with van der Waals surface area (Å²) < 4.78 is 5.15. The van der Waals surface area contributed by atoms with Crippen molar-refractivity contribution in [3.63, 3.8) is 0 Å². The van der Waals surface area contributed by atoms with Gasteiger partial charge in [-0.25, -0.2) is 4.98 Å². The van der Waals surface area contributed by atoms with Crippen molar-refractivity contribution in [1.29, 1.82) is 0 Å². The number of aromatic nitrogens is 1. The number of thiazole rings is 1. The molecule has 1 unspecified atom stereocenters. The Bertz CT molecular complexity index is 808. The molecule has 1 fully saturated rings. The first kappa shape index (κ1) is 17.0. The zero-order valence-electron chi connectivity index (χ0n) is 14.7. The largest absolute Gasteiger partial charge is 0.497 e. The molecule has 4 rings (SSSR count). The van der Waals surface area contributed by atoms with Crippen LogP contribution < -0.4 is 15.0 Å².